The van der Waals surface area contributed by atoms with Gasteiger partial charge in [-0.2, -0.15) is 0 Å². The molecule has 2 saturated carbocycles. The van der Waals surface area contributed by atoms with Gasteiger partial charge in [-0.05, 0) is 57.9 Å². The second kappa shape index (κ2) is 15.0. The summed E-state index contributed by atoms with van der Waals surface area (Å²) in [4.78, 5) is 66.0. The van der Waals surface area contributed by atoms with Gasteiger partial charge in [-0.3, -0.25) is 9.59 Å². The lowest BCUT2D eigenvalue weighted by molar-refractivity contribution is -0.365. The molecule has 56 heavy (non-hydrogen) atoms. The highest BCUT2D eigenvalue weighted by molar-refractivity contribution is 5.89. The molecule has 1 saturated heterocycles. The van der Waals surface area contributed by atoms with Crippen molar-refractivity contribution in [2.45, 2.75) is 148 Å². The van der Waals surface area contributed by atoms with Crippen molar-refractivity contribution in [2.24, 2.45) is 16.7 Å². The number of amides is 1. The summed E-state index contributed by atoms with van der Waals surface area (Å²) in [5.74, 6) is -5.13. The zero-order valence-corrected chi connectivity index (χ0v) is 33.5. The third-order valence-corrected chi connectivity index (χ3v) is 12.1. The third-order valence-electron chi connectivity index (χ3n) is 12.1. The molecule has 1 heterocycles. The zero-order chi connectivity index (χ0) is 41.9. The van der Waals surface area contributed by atoms with Gasteiger partial charge in [0.2, 0.25) is 0 Å². The van der Waals surface area contributed by atoms with Gasteiger partial charge in [0.05, 0.1) is 30.2 Å². The van der Waals surface area contributed by atoms with Crippen molar-refractivity contribution in [1.29, 1.82) is 0 Å². The fraction of sp³-hybridized carbons (Fsp3) is 0.675. The molecule has 4 aliphatic rings. The molecule has 1 aromatic carbocycles. The van der Waals surface area contributed by atoms with E-state index < -0.39 is 119 Å². The number of benzene rings is 1. The Balaban J connectivity index is 1.71. The van der Waals surface area contributed by atoms with E-state index in [2.05, 4.69) is 5.32 Å². The third kappa shape index (κ3) is 7.30. The number of hydrogen-bond donors (Lipinski definition) is 5. The van der Waals surface area contributed by atoms with Crippen LogP contribution in [0.25, 0.3) is 0 Å². The molecule has 1 aromatic rings. The first-order chi connectivity index (χ1) is 25.8. The number of carbonyl (C=O) groups excluding carboxylic acids is 5. The maximum absolute atomic E-state index is 14.1. The molecular formula is C40H55NO15. The van der Waals surface area contributed by atoms with Crippen LogP contribution in [0.5, 0.6) is 0 Å². The highest BCUT2D eigenvalue weighted by Gasteiger charge is 2.78. The van der Waals surface area contributed by atoms with Crippen LogP contribution < -0.4 is 5.32 Å². The van der Waals surface area contributed by atoms with Crippen molar-refractivity contribution in [3.63, 3.8) is 0 Å². The number of rotatable bonds is 8. The van der Waals surface area contributed by atoms with E-state index in [9.17, 15) is 44.4 Å². The van der Waals surface area contributed by atoms with Crippen LogP contribution in [0.4, 0.5) is 4.79 Å². The molecule has 3 aliphatic carbocycles. The fourth-order valence-corrected chi connectivity index (χ4v) is 9.25. The van der Waals surface area contributed by atoms with Crippen molar-refractivity contribution in [1.82, 2.24) is 5.32 Å². The molecule has 1 unspecified atom stereocenters. The van der Waals surface area contributed by atoms with Gasteiger partial charge in [0, 0.05) is 37.5 Å². The summed E-state index contributed by atoms with van der Waals surface area (Å²) in [7, 11) is 0. The zero-order valence-electron chi connectivity index (χ0n) is 33.5. The van der Waals surface area contributed by atoms with E-state index in [-0.39, 0.29) is 29.7 Å². The average Bonchev–Trinajstić information content (AvgIpc) is 3.08. The van der Waals surface area contributed by atoms with Gasteiger partial charge in [-0.25, -0.2) is 14.4 Å². The largest absolute Gasteiger partial charge is 0.456 e. The minimum absolute atomic E-state index is 0.0932. The first-order valence-corrected chi connectivity index (χ1v) is 18.7. The van der Waals surface area contributed by atoms with E-state index in [4.69, 9.17) is 28.4 Å². The number of ether oxygens (including phenoxy) is 6. The lowest BCUT2D eigenvalue weighted by atomic mass is 9.44. The van der Waals surface area contributed by atoms with Gasteiger partial charge < -0.3 is 54.2 Å². The molecule has 0 spiro atoms. The van der Waals surface area contributed by atoms with E-state index in [1.807, 2.05) is 0 Å². The monoisotopic (exact) mass is 789 g/mol. The van der Waals surface area contributed by atoms with Gasteiger partial charge in [0.15, 0.2) is 17.8 Å². The average molecular weight is 790 g/mol. The Kier molecular flexibility index (Phi) is 11.5. The summed E-state index contributed by atoms with van der Waals surface area (Å²) in [5, 5.41) is 51.6. The first-order valence-electron chi connectivity index (χ1n) is 18.7. The minimum atomic E-state index is -2.32. The highest BCUT2D eigenvalue weighted by Crippen LogP contribution is 2.65. The standard InChI is InChI=1S/C40H55NO15/c1-19-24(53-34(48)28(45)20(2)41-35(49)56-36(5,6)7)17-40(50)32(54-33(47)23-14-12-11-13-15-23)30-38(10,25(44)16-26-39(30,18-51-26)55-22(4)43)31(46)29(52-21(3)42)27(19)37(40,8)9/h11-15,20,24-26,28-32,44-46,50H,16-18H2,1-10H3,(H,41,49)/t20-,24-,25-,26?,28+,29+,30-,31-,32-,38+,39-,40+/m0/s1. The summed E-state index contributed by atoms with van der Waals surface area (Å²) in [6, 6.07) is 6.68. The van der Waals surface area contributed by atoms with E-state index in [0.717, 1.165) is 6.92 Å². The number of aliphatic hydroxyl groups is 4. The molecule has 16 nitrogen and oxygen atoms in total. The van der Waals surface area contributed by atoms with Gasteiger partial charge in [-0.1, -0.05) is 39.0 Å². The van der Waals surface area contributed by atoms with Gasteiger partial charge >= 0.3 is 30.0 Å². The molecular weight excluding hydrogens is 734 g/mol. The van der Waals surface area contributed by atoms with Crippen molar-refractivity contribution >= 4 is 30.0 Å². The molecule has 5 N–H and O–H groups in total. The van der Waals surface area contributed by atoms with Gasteiger partial charge in [0.1, 0.15) is 35.6 Å². The maximum atomic E-state index is 14.1. The second-order valence-electron chi connectivity index (χ2n) is 17.3. The molecule has 12 atom stereocenters. The molecule has 2 bridgehead atoms. The van der Waals surface area contributed by atoms with Crippen LogP contribution in [-0.2, 0) is 42.8 Å². The van der Waals surface area contributed by atoms with Crippen molar-refractivity contribution in [3.8, 4) is 0 Å². The summed E-state index contributed by atoms with van der Waals surface area (Å²) in [5.41, 5.74) is -7.88. The number of aliphatic hydroxyl groups excluding tert-OH is 3. The summed E-state index contributed by atoms with van der Waals surface area (Å²) in [6.07, 6.45) is -12.5. The normalized spacial score (nSPS) is 35.7. The summed E-state index contributed by atoms with van der Waals surface area (Å²) < 4.78 is 35.3. The molecule has 1 aliphatic heterocycles. The Hall–Kier alpha value is -4.09. The topological polar surface area (TPSA) is 234 Å². The fourth-order valence-electron chi connectivity index (χ4n) is 9.25. The summed E-state index contributed by atoms with van der Waals surface area (Å²) in [6.45, 7) is 14.5. The van der Waals surface area contributed by atoms with Crippen LogP contribution >= 0.6 is 0 Å². The molecule has 5 rings (SSSR count). The quantitative estimate of drug-likeness (QED) is 0.144. The highest BCUT2D eigenvalue weighted by atomic mass is 16.6. The van der Waals surface area contributed by atoms with Crippen LogP contribution in [-0.4, -0.2) is 123 Å². The van der Waals surface area contributed by atoms with Crippen LogP contribution in [0.1, 0.15) is 92.4 Å². The molecule has 310 valence electrons. The molecule has 3 fully saturated rings. The van der Waals surface area contributed by atoms with E-state index in [1.165, 1.54) is 32.9 Å². The van der Waals surface area contributed by atoms with E-state index in [1.54, 1.807) is 59.7 Å². The Labute approximate surface area is 325 Å². The Morgan fingerprint density at radius 1 is 0.964 bits per heavy atom. The van der Waals surface area contributed by atoms with Crippen LogP contribution in [0.3, 0.4) is 0 Å². The molecule has 0 radical (unpaired) electrons. The second-order valence-corrected chi connectivity index (χ2v) is 17.3. The number of esters is 4. The van der Waals surface area contributed by atoms with Crippen LogP contribution in [0, 0.1) is 16.7 Å². The molecule has 0 aromatic heterocycles. The smallest absolute Gasteiger partial charge is 0.407 e. The SMILES string of the molecule is CC(=O)O[C@@H]1C2=C(C)[C@@H](OC(=O)[C@H](O)[C@H](C)NC(=O)OC(C)(C)C)C[C@@](O)([C@@H](OC(=O)c3ccccc3)[C@H]3[C@@](C)([C@@H](O)CC4OC[C@]43OC(C)=O)[C@H]1O)C2(C)C. The lowest BCUT2D eigenvalue weighted by Crippen LogP contribution is -2.82. The summed E-state index contributed by atoms with van der Waals surface area (Å²) >= 11 is 0. The molecule has 1 amide bonds. The molecule has 16 heteroatoms. The van der Waals surface area contributed by atoms with Gasteiger partial charge in [0.25, 0.3) is 0 Å². The number of hydrogen-bond acceptors (Lipinski definition) is 15. The Morgan fingerprint density at radius 2 is 1.59 bits per heavy atom. The van der Waals surface area contributed by atoms with Crippen LogP contribution in [0.2, 0.25) is 0 Å². The van der Waals surface area contributed by atoms with E-state index >= 15 is 0 Å². The Bertz CT molecular complexity index is 1750. The number of carbonyl (C=O) groups is 5. The minimum Gasteiger partial charge on any atom is -0.456 e. The van der Waals surface area contributed by atoms with Gasteiger partial charge in [-0.15, -0.1) is 0 Å². The Morgan fingerprint density at radius 3 is 2.12 bits per heavy atom. The predicted molar refractivity (Wildman–Crippen MR) is 194 cm³/mol. The number of alkyl carbamates (subject to hydrolysis) is 1. The number of nitrogens with one attached hydrogen (secondary N) is 1. The maximum Gasteiger partial charge on any atom is 0.407 e. The van der Waals surface area contributed by atoms with Crippen molar-refractivity contribution in [3.05, 3.63) is 47.0 Å². The van der Waals surface area contributed by atoms with E-state index in [0.29, 0.717) is 0 Å². The van der Waals surface area contributed by atoms with Crippen molar-refractivity contribution < 1.29 is 72.8 Å². The van der Waals surface area contributed by atoms with Crippen molar-refractivity contribution in [2.75, 3.05) is 6.61 Å². The number of fused-ring (bicyclic) bond motifs is 5. The first kappa shape index (κ1) is 43.0. The predicted octanol–water partition coefficient (Wildman–Crippen LogP) is 2.27. The lowest BCUT2D eigenvalue weighted by Gasteiger charge is -2.69. The van der Waals surface area contributed by atoms with Crippen LogP contribution in [0.15, 0.2) is 41.5 Å².